The first-order valence-corrected chi connectivity index (χ1v) is 9.44. The fourth-order valence-electron chi connectivity index (χ4n) is 2.51. The average Bonchev–Trinajstić information content (AvgIpc) is 3.38. The highest BCUT2D eigenvalue weighted by molar-refractivity contribution is 8.00. The minimum atomic E-state index is -0.0196. The van der Waals surface area contributed by atoms with E-state index in [1.807, 2.05) is 24.3 Å². The van der Waals surface area contributed by atoms with Crippen molar-refractivity contribution in [2.45, 2.75) is 36.3 Å². The van der Waals surface area contributed by atoms with Crippen molar-refractivity contribution in [2.75, 3.05) is 25.6 Å². The molecular weight excluding hydrogens is 334 g/mol. The number of halogens is 1. The van der Waals surface area contributed by atoms with Gasteiger partial charge in [-0.2, -0.15) is 0 Å². The zero-order valence-corrected chi connectivity index (χ0v) is 14.6. The Bertz CT molecular complexity index is 521. The molecule has 3 rings (SSSR count). The van der Waals surface area contributed by atoms with E-state index in [1.165, 1.54) is 24.6 Å². The Morgan fingerprint density at radius 2 is 2.09 bits per heavy atom. The summed E-state index contributed by atoms with van der Waals surface area (Å²) in [5, 5.41) is 3.81. The zero-order chi connectivity index (χ0) is 16.1. The second-order valence-electron chi connectivity index (χ2n) is 6.10. The molecule has 1 aromatic rings. The number of thioether (sulfide) groups is 1. The summed E-state index contributed by atoms with van der Waals surface area (Å²) in [5.41, 5.74) is 0. The summed E-state index contributed by atoms with van der Waals surface area (Å²) < 4.78 is 11.4. The van der Waals surface area contributed by atoms with Crippen LogP contribution in [-0.2, 0) is 14.3 Å². The van der Waals surface area contributed by atoms with Gasteiger partial charge in [0.05, 0.1) is 18.4 Å². The van der Waals surface area contributed by atoms with Crippen LogP contribution in [0.2, 0.25) is 5.02 Å². The summed E-state index contributed by atoms with van der Waals surface area (Å²) in [7, 11) is 0. The van der Waals surface area contributed by atoms with Gasteiger partial charge in [0.2, 0.25) is 5.91 Å². The van der Waals surface area contributed by atoms with Crippen molar-refractivity contribution in [1.82, 2.24) is 5.32 Å². The number of hydrogen-bond donors (Lipinski definition) is 1. The lowest BCUT2D eigenvalue weighted by Gasteiger charge is -2.32. The minimum Gasteiger partial charge on any atom is -0.379 e. The number of rotatable bonds is 7. The van der Waals surface area contributed by atoms with Crippen LogP contribution in [0.4, 0.5) is 0 Å². The molecule has 1 aliphatic heterocycles. The average molecular weight is 356 g/mol. The van der Waals surface area contributed by atoms with Crippen molar-refractivity contribution < 1.29 is 14.3 Å². The summed E-state index contributed by atoms with van der Waals surface area (Å²) in [4.78, 5) is 13.2. The lowest BCUT2D eigenvalue weighted by atomic mass is 10.1. The highest BCUT2D eigenvalue weighted by Gasteiger charge is 2.30. The monoisotopic (exact) mass is 355 g/mol. The molecule has 0 radical (unpaired) electrons. The topological polar surface area (TPSA) is 47.6 Å². The van der Waals surface area contributed by atoms with Crippen molar-refractivity contribution in [2.24, 2.45) is 5.92 Å². The van der Waals surface area contributed by atoms with Crippen LogP contribution in [0.5, 0.6) is 0 Å². The molecule has 6 heteroatoms. The Kier molecular flexibility index (Phi) is 6.22. The number of hydrogen-bond acceptors (Lipinski definition) is 4. The molecule has 23 heavy (non-hydrogen) atoms. The van der Waals surface area contributed by atoms with Crippen LogP contribution in [0, 0.1) is 5.92 Å². The third-order valence-corrected chi connectivity index (χ3v) is 5.34. The van der Waals surface area contributed by atoms with Gasteiger partial charge in [-0.1, -0.05) is 11.6 Å². The fraction of sp³-hybridized carbons (Fsp3) is 0.588. The Hall–Kier alpha value is -0.750. The Morgan fingerprint density at radius 1 is 1.30 bits per heavy atom. The summed E-state index contributed by atoms with van der Waals surface area (Å²) in [6.45, 7) is 2.04. The van der Waals surface area contributed by atoms with Crippen molar-refractivity contribution in [3.8, 4) is 0 Å². The summed E-state index contributed by atoms with van der Waals surface area (Å²) in [5.74, 6) is 1.15. The minimum absolute atomic E-state index is 0.0196. The van der Waals surface area contributed by atoms with Gasteiger partial charge in [0.1, 0.15) is 6.10 Å². The lowest BCUT2D eigenvalue weighted by molar-refractivity contribution is -0.123. The van der Waals surface area contributed by atoms with Crippen LogP contribution < -0.4 is 5.32 Å². The molecule has 1 saturated carbocycles. The van der Waals surface area contributed by atoms with Crippen molar-refractivity contribution in [3.05, 3.63) is 29.3 Å². The molecule has 1 aliphatic carbocycles. The molecule has 1 amide bonds. The van der Waals surface area contributed by atoms with Crippen LogP contribution >= 0.6 is 23.4 Å². The molecule has 2 fully saturated rings. The molecule has 0 bridgehead atoms. The number of carbonyl (C=O) groups excluding carboxylic acids is 1. The van der Waals surface area contributed by atoms with Gasteiger partial charge in [0.15, 0.2) is 0 Å². The molecule has 1 saturated heterocycles. The standard InChI is InChI=1S/C17H22ClNO3S/c18-13-3-5-14(6-4-13)23-11-17(20)19-15-7-8-21-10-16(15)22-9-12-1-2-12/h3-6,12,15-16H,1-2,7-11H2,(H,19,20). The van der Waals surface area contributed by atoms with Crippen molar-refractivity contribution >= 4 is 29.3 Å². The maximum atomic E-state index is 12.2. The third-order valence-electron chi connectivity index (χ3n) is 4.08. The molecule has 1 N–H and O–H groups in total. The molecule has 1 heterocycles. The molecular formula is C17H22ClNO3S. The fourth-order valence-corrected chi connectivity index (χ4v) is 3.35. The highest BCUT2D eigenvalue weighted by Crippen LogP contribution is 2.30. The van der Waals surface area contributed by atoms with E-state index in [9.17, 15) is 4.79 Å². The molecule has 126 valence electrons. The number of nitrogens with one attached hydrogen (secondary N) is 1. The van der Waals surface area contributed by atoms with Crippen LogP contribution in [0.15, 0.2) is 29.2 Å². The molecule has 4 nitrogen and oxygen atoms in total. The van der Waals surface area contributed by atoms with E-state index in [4.69, 9.17) is 21.1 Å². The number of benzene rings is 1. The van der Waals surface area contributed by atoms with Gasteiger partial charge in [-0.25, -0.2) is 0 Å². The maximum absolute atomic E-state index is 12.2. The molecule has 0 aromatic heterocycles. The number of amides is 1. The van der Waals surface area contributed by atoms with Crippen LogP contribution in [0.25, 0.3) is 0 Å². The molecule has 2 aliphatic rings. The van der Waals surface area contributed by atoms with E-state index in [-0.39, 0.29) is 18.1 Å². The summed E-state index contributed by atoms with van der Waals surface area (Å²) >= 11 is 7.37. The van der Waals surface area contributed by atoms with Gasteiger partial charge < -0.3 is 14.8 Å². The second-order valence-corrected chi connectivity index (χ2v) is 7.58. The number of carbonyl (C=O) groups is 1. The summed E-state index contributed by atoms with van der Waals surface area (Å²) in [6.07, 6.45) is 3.32. The highest BCUT2D eigenvalue weighted by atomic mass is 35.5. The van der Waals surface area contributed by atoms with Gasteiger partial charge >= 0.3 is 0 Å². The van der Waals surface area contributed by atoms with Gasteiger partial charge in [0, 0.05) is 23.1 Å². The van der Waals surface area contributed by atoms with Crippen LogP contribution in [-0.4, -0.2) is 43.6 Å². The maximum Gasteiger partial charge on any atom is 0.230 e. The quantitative estimate of drug-likeness (QED) is 0.763. The van der Waals surface area contributed by atoms with Crippen LogP contribution in [0.1, 0.15) is 19.3 Å². The van der Waals surface area contributed by atoms with Gasteiger partial charge in [-0.15, -0.1) is 11.8 Å². The predicted octanol–water partition coefficient (Wildman–Crippen LogP) is 3.13. The Balaban J connectivity index is 1.43. The van der Waals surface area contributed by atoms with E-state index in [1.54, 1.807) is 0 Å². The van der Waals surface area contributed by atoms with Crippen molar-refractivity contribution in [3.63, 3.8) is 0 Å². The molecule has 1 aromatic carbocycles. The summed E-state index contributed by atoms with van der Waals surface area (Å²) in [6, 6.07) is 7.58. The first-order valence-electron chi connectivity index (χ1n) is 8.08. The SMILES string of the molecule is O=C(CSc1ccc(Cl)cc1)NC1CCOCC1OCC1CC1. The van der Waals surface area contributed by atoms with E-state index < -0.39 is 0 Å². The normalized spacial score (nSPS) is 24.4. The smallest absolute Gasteiger partial charge is 0.230 e. The predicted molar refractivity (Wildman–Crippen MR) is 92.0 cm³/mol. The largest absolute Gasteiger partial charge is 0.379 e. The van der Waals surface area contributed by atoms with Gasteiger partial charge in [-0.3, -0.25) is 4.79 Å². The van der Waals surface area contributed by atoms with Gasteiger partial charge in [-0.05, 0) is 49.4 Å². The second kappa shape index (κ2) is 8.38. The lowest BCUT2D eigenvalue weighted by Crippen LogP contribution is -2.50. The molecule has 2 atom stereocenters. The van der Waals surface area contributed by atoms with Crippen molar-refractivity contribution in [1.29, 1.82) is 0 Å². The van der Waals surface area contributed by atoms with E-state index >= 15 is 0 Å². The third kappa shape index (κ3) is 5.68. The van der Waals surface area contributed by atoms with E-state index in [0.717, 1.165) is 17.9 Å². The van der Waals surface area contributed by atoms with Crippen LogP contribution in [0.3, 0.4) is 0 Å². The first kappa shape index (κ1) is 17.1. The Morgan fingerprint density at radius 3 is 2.83 bits per heavy atom. The molecule has 2 unspecified atom stereocenters. The molecule has 0 spiro atoms. The van der Waals surface area contributed by atoms with Gasteiger partial charge in [0.25, 0.3) is 0 Å². The van der Waals surface area contributed by atoms with E-state index in [0.29, 0.717) is 29.9 Å². The Labute approximate surface area is 146 Å². The van der Waals surface area contributed by atoms with E-state index in [2.05, 4.69) is 5.32 Å². The first-order chi connectivity index (χ1) is 11.2. The number of ether oxygens (including phenoxy) is 2. The zero-order valence-electron chi connectivity index (χ0n) is 13.0.